The molecule has 0 spiro atoms. The summed E-state index contributed by atoms with van der Waals surface area (Å²) in [6, 6.07) is 19.7. The van der Waals surface area contributed by atoms with Crippen molar-refractivity contribution in [2.24, 2.45) is 5.73 Å². The Kier molecular flexibility index (Phi) is 4.49. The lowest BCUT2D eigenvalue weighted by molar-refractivity contribution is -0.130. The van der Waals surface area contributed by atoms with E-state index in [9.17, 15) is 4.79 Å². The maximum absolute atomic E-state index is 12.9. The van der Waals surface area contributed by atoms with Crippen LogP contribution in [0, 0.1) is 0 Å². The molecule has 2 unspecified atom stereocenters. The lowest BCUT2D eigenvalue weighted by Crippen LogP contribution is -2.53. The molecule has 0 aliphatic heterocycles. The highest BCUT2D eigenvalue weighted by atomic mass is 16.2. The standard InChI is InChI=1S/C20H24N2O/c1-15(18(21)16-9-4-2-5-10-16)22-19(23)20(13-8-14-20)17-11-6-3-7-12-17/h2-7,9-12,15,18H,8,13-14,21H2,1H3,(H,22,23). The lowest BCUT2D eigenvalue weighted by Gasteiger charge is -2.42. The smallest absolute Gasteiger partial charge is 0.230 e. The molecule has 23 heavy (non-hydrogen) atoms. The highest BCUT2D eigenvalue weighted by molar-refractivity contribution is 5.89. The molecule has 1 aliphatic rings. The number of carbonyl (C=O) groups is 1. The van der Waals surface area contributed by atoms with Gasteiger partial charge in [0.2, 0.25) is 5.91 Å². The van der Waals surface area contributed by atoms with Crippen molar-refractivity contribution in [1.82, 2.24) is 5.32 Å². The fourth-order valence-corrected chi connectivity index (χ4v) is 3.33. The molecule has 1 saturated carbocycles. The Morgan fingerprint density at radius 1 is 1.04 bits per heavy atom. The van der Waals surface area contributed by atoms with Gasteiger partial charge < -0.3 is 11.1 Å². The molecule has 0 bridgehead atoms. The molecule has 2 aromatic carbocycles. The minimum absolute atomic E-state index is 0.105. The van der Waals surface area contributed by atoms with Gasteiger partial charge in [-0.2, -0.15) is 0 Å². The molecule has 1 amide bonds. The van der Waals surface area contributed by atoms with Gasteiger partial charge in [-0.25, -0.2) is 0 Å². The van der Waals surface area contributed by atoms with Gasteiger partial charge in [-0.3, -0.25) is 4.79 Å². The van der Waals surface area contributed by atoms with Gasteiger partial charge >= 0.3 is 0 Å². The highest BCUT2D eigenvalue weighted by Gasteiger charge is 2.45. The van der Waals surface area contributed by atoms with Gasteiger partial charge in [-0.1, -0.05) is 67.1 Å². The fraction of sp³-hybridized carbons (Fsp3) is 0.350. The molecule has 0 saturated heterocycles. The maximum Gasteiger partial charge on any atom is 0.230 e. The molecular formula is C20H24N2O. The topological polar surface area (TPSA) is 55.1 Å². The predicted octanol–water partition coefficient (Wildman–Crippen LogP) is 3.31. The number of rotatable bonds is 5. The molecule has 120 valence electrons. The van der Waals surface area contributed by atoms with Gasteiger partial charge in [-0.05, 0) is 30.9 Å². The first-order valence-electron chi connectivity index (χ1n) is 8.30. The Morgan fingerprint density at radius 3 is 2.13 bits per heavy atom. The summed E-state index contributed by atoms with van der Waals surface area (Å²) in [5.74, 6) is 0.105. The second-order valence-electron chi connectivity index (χ2n) is 6.50. The molecule has 1 aliphatic carbocycles. The molecule has 1 fully saturated rings. The molecule has 2 atom stereocenters. The van der Waals surface area contributed by atoms with E-state index in [0.29, 0.717) is 0 Å². The first-order valence-corrected chi connectivity index (χ1v) is 8.30. The van der Waals surface area contributed by atoms with Crippen molar-refractivity contribution in [3.63, 3.8) is 0 Å². The summed E-state index contributed by atoms with van der Waals surface area (Å²) < 4.78 is 0. The number of nitrogens with one attached hydrogen (secondary N) is 1. The number of hydrogen-bond acceptors (Lipinski definition) is 2. The van der Waals surface area contributed by atoms with Crippen LogP contribution in [-0.4, -0.2) is 11.9 Å². The second kappa shape index (κ2) is 6.55. The number of nitrogens with two attached hydrogens (primary N) is 1. The van der Waals surface area contributed by atoms with Crippen LogP contribution in [0.1, 0.15) is 43.4 Å². The maximum atomic E-state index is 12.9. The largest absolute Gasteiger partial charge is 0.351 e. The third-order valence-corrected chi connectivity index (χ3v) is 5.05. The van der Waals surface area contributed by atoms with E-state index in [1.54, 1.807) is 0 Å². The van der Waals surface area contributed by atoms with Crippen molar-refractivity contribution in [3.8, 4) is 0 Å². The number of carbonyl (C=O) groups excluding carboxylic acids is 1. The van der Waals surface area contributed by atoms with Gasteiger partial charge in [0.25, 0.3) is 0 Å². The zero-order chi connectivity index (χ0) is 16.3. The SMILES string of the molecule is CC(NC(=O)C1(c2ccccc2)CCC1)C(N)c1ccccc1. The van der Waals surface area contributed by atoms with Crippen LogP contribution < -0.4 is 11.1 Å². The molecule has 2 aromatic rings. The van der Waals surface area contributed by atoms with Crippen LogP contribution in [0.2, 0.25) is 0 Å². The van der Waals surface area contributed by atoms with Gasteiger partial charge in [0.05, 0.1) is 5.41 Å². The summed E-state index contributed by atoms with van der Waals surface area (Å²) in [5, 5.41) is 3.16. The number of hydrogen-bond donors (Lipinski definition) is 2. The molecule has 0 radical (unpaired) electrons. The zero-order valence-electron chi connectivity index (χ0n) is 13.5. The van der Waals surface area contributed by atoms with Gasteiger partial charge in [-0.15, -0.1) is 0 Å². The van der Waals surface area contributed by atoms with E-state index in [2.05, 4.69) is 17.4 Å². The Bertz CT molecular complexity index is 650. The minimum Gasteiger partial charge on any atom is -0.351 e. The molecule has 3 N–H and O–H groups in total. The average Bonchev–Trinajstić information content (AvgIpc) is 2.55. The van der Waals surface area contributed by atoms with Crippen molar-refractivity contribution < 1.29 is 4.79 Å². The van der Waals surface area contributed by atoms with Gasteiger partial charge in [0.1, 0.15) is 0 Å². The van der Waals surface area contributed by atoms with Crippen LogP contribution in [0.15, 0.2) is 60.7 Å². The predicted molar refractivity (Wildman–Crippen MR) is 92.9 cm³/mol. The monoisotopic (exact) mass is 308 g/mol. The van der Waals surface area contributed by atoms with E-state index in [0.717, 1.165) is 30.4 Å². The van der Waals surface area contributed by atoms with Crippen molar-refractivity contribution in [2.75, 3.05) is 0 Å². The minimum atomic E-state index is -0.369. The molecule has 0 aromatic heterocycles. The van der Waals surface area contributed by atoms with Crippen LogP contribution in [0.5, 0.6) is 0 Å². The third-order valence-electron chi connectivity index (χ3n) is 5.05. The normalized spacial score (nSPS) is 18.5. The first kappa shape index (κ1) is 15.8. The van der Waals surface area contributed by atoms with E-state index >= 15 is 0 Å². The Hall–Kier alpha value is -2.13. The Balaban J connectivity index is 1.73. The highest BCUT2D eigenvalue weighted by Crippen LogP contribution is 2.44. The van der Waals surface area contributed by atoms with Crippen LogP contribution in [0.25, 0.3) is 0 Å². The van der Waals surface area contributed by atoms with Crippen molar-refractivity contribution in [3.05, 3.63) is 71.8 Å². The summed E-state index contributed by atoms with van der Waals surface area (Å²) in [4.78, 5) is 12.9. The lowest BCUT2D eigenvalue weighted by atomic mass is 9.63. The van der Waals surface area contributed by atoms with Crippen LogP contribution in [-0.2, 0) is 10.2 Å². The average molecular weight is 308 g/mol. The summed E-state index contributed by atoms with van der Waals surface area (Å²) >= 11 is 0. The Morgan fingerprint density at radius 2 is 1.61 bits per heavy atom. The van der Waals surface area contributed by atoms with Crippen molar-refractivity contribution in [2.45, 2.75) is 43.7 Å². The summed E-state index contributed by atoms with van der Waals surface area (Å²) in [7, 11) is 0. The van der Waals surface area contributed by atoms with Gasteiger partial charge in [0.15, 0.2) is 0 Å². The quantitative estimate of drug-likeness (QED) is 0.890. The van der Waals surface area contributed by atoms with Gasteiger partial charge in [0, 0.05) is 12.1 Å². The fourth-order valence-electron chi connectivity index (χ4n) is 3.33. The summed E-state index contributed by atoms with van der Waals surface area (Å²) in [6.45, 7) is 1.98. The summed E-state index contributed by atoms with van der Waals surface area (Å²) in [6.07, 6.45) is 2.92. The van der Waals surface area contributed by atoms with Crippen molar-refractivity contribution in [1.29, 1.82) is 0 Å². The van der Waals surface area contributed by atoms with Crippen LogP contribution in [0.3, 0.4) is 0 Å². The van der Waals surface area contributed by atoms with Crippen LogP contribution in [0.4, 0.5) is 0 Å². The Labute approximate surface area is 137 Å². The molecule has 0 heterocycles. The number of benzene rings is 2. The molecule has 3 nitrogen and oxygen atoms in total. The zero-order valence-corrected chi connectivity index (χ0v) is 13.5. The van der Waals surface area contributed by atoms with Crippen LogP contribution >= 0.6 is 0 Å². The molecule has 3 rings (SSSR count). The van der Waals surface area contributed by atoms with Crippen molar-refractivity contribution >= 4 is 5.91 Å². The summed E-state index contributed by atoms with van der Waals surface area (Å²) in [5.41, 5.74) is 8.10. The van der Waals surface area contributed by atoms with E-state index in [4.69, 9.17) is 5.73 Å². The van der Waals surface area contributed by atoms with E-state index < -0.39 is 0 Å². The second-order valence-corrected chi connectivity index (χ2v) is 6.50. The van der Waals surface area contributed by atoms with E-state index in [1.807, 2.05) is 55.5 Å². The first-order chi connectivity index (χ1) is 11.1. The molecule has 3 heteroatoms. The van der Waals surface area contributed by atoms with E-state index in [1.165, 1.54) is 0 Å². The molecular weight excluding hydrogens is 284 g/mol. The third kappa shape index (κ3) is 3.02. The van der Waals surface area contributed by atoms with E-state index in [-0.39, 0.29) is 23.4 Å². The number of amides is 1.